The Hall–Kier alpha value is -3.73. The minimum absolute atomic E-state index is 0.234. The maximum Gasteiger partial charge on any atom is 0.338 e. The fourth-order valence-corrected chi connectivity index (χ4v) is 2.72. The zero-order chi connectivity index (χ0) is 20.8. The van der Waals surface area contributed by atoms with Gasteiger partial charge in [0.25, 0.3) is 5.91 Å². The lowest BCUT2D eigenvalue weighted by molar-refractivity contribution is 0.0319. The molecule has 1 amide bonds. The van der Waals surface area contributed by atoms with Gasteiger partial charge in [0.1, 0.15) is 0 Å². The second-order valence-corrected chi connectivity index (χ2v) is 6.68. The molecule has 3 aromatic carbocycles. The number of rotatable bonds is 6. The summed E-state index contributed by atoms with van der Waals surface area (Å²) >= 11 is 0. The molecule has 1 atom stereocenters. The van der Waals surface area contributed by atoms with E-state index in [1.54, 1.807) is 67.6 Å². The standard InChI is InChI=1S/C24H21NO4/c1-16-8-10-19(11-9-16)23(27)25-21-14-12-20(13-15-21)24(28)29-17(2)22(26)18-6-4-3-5-7-18/h3-15,17H,1-2H3,(H,25,27)/t17-/m1/s1. The number of Topliss-reactive ketones (excluding diaryl/α,β-unsaturated/α-hetero) is 1. The Morgan fingerprint density at radius 2 is 1.34 bits per heavy atom. The van der Waals surface area contributed by atoms with Gasteiger partial charge in [-0.1, -0.05) is 48.0 Å². The number of esters is 1. The summed E-state index contributed by atoms with van der Waals surface area (Å²) in [5.74, 6) is -1.10. The van der Waals surface area contributed by atoms with E-state index in [9.17, 15) is 14.4 Å². The van der Waals surface area contributed by atoms with E-state index in [0.29, 0.717) is 22.4 Å². The number of anilines is 1. The molecule has 0 radical (unpaired) electrons. The number of carbonyl (C=O) groups is 3. The van der Waals surface area contributed by atoms with Crippen LogP contribution in [0.5, 0.6) is 0 Å². The zero-order valence-corrected chi connectivity index (χ0v) is 16.2. The van der Waals surface area contributed by atoms with Crippen molar-refractivity contribution in [3.63, 3.8) is 0 Å². The fraction of sp³-hybridized carbons (Fsp3) is 0.125. The van der Waals surface area contributed by atoms with Crippen molar-refractivity contribution in [3.8, 4) is 0 Å². The van der Waals surface area contributed by atoms with E-state index in [-0.39, 0.29) is 11.7 Å². The van der Waals surface area contributed by atoms with E-state index in [2.05, 4.69) is 5.32 Å². The molecule has 0 saturated carbocycles. The van der Waals surface area contributed by atoms with E-state index in [0.717, 1.165) is 5.56 Å². The van der Waals surface area contributed by atoms with Crippen LogP contribution in [0.1, 0.15) is 43.6 Å². The van der Waals surface area contributed by atoms with Crippen LogP contribution in [0.15, 0.2) is 78.9 Å². The van der Waals surface area contributed by atoms with Crippen molar-refractivity contribution in [2.45, 2.75) is 20.0 Å². The molecule has 0 aliphatic heterocycles. The van der Waals surface area contributed by atoms with Gasteiger partial charge in [-0.3, -0.25) is 9.59 Å². The number of hydrogen-bond donors (Lipinski definition) is 1. The summed E-state index contributed by atoms with van der Waals surface area (Å²) < 4.78 is 5.28. The smallest absolute Gasteiger partial charge is 0.338 e. The van der Waals surface area contributed by atoms with Crippen LogP contribution >= 0.6 is 0 Å². The topological polar surface area (TPSA) is 72.5 Å². The summed E-state index contributed by atoms with van der Waals surface area (Å²) in [4.78, 5) is 36.9. The SMILES string of the molecule is Cc1ccc(C(=O)Nc2ccc(C(=O)O[C@H](C)C(=O)c3ccccc3)cc2)cc1. The summed E-state index contributed by atoms with van der Waals surface area (Å²) in [6, 6.07) is 22.2. The molecule has 3 rings (SSSR count). The summed E-state index contributed by atoms with van der Waals surface area (Å²) in [7, 11) is 0. The van der Waals surface area contributed by atoms with Crippen LogP contribution < -0.4 is 5.32 Å². The molecule has 0 unspecified atom stereocenters. The molecule has 3 aromatic rings. The van der Waals surface area contributed by atoms with E-state index in [1.807, 2.05) is 25.1 Å². The molecule has 0 saturated heterocycles. The van der Waals surface area contributed by atoms with E-state index < -0.39 is 12.1 Å². The van der Waals surface area contributed by atoms with Crippen LogP contribution in [0.25, 0.3) is 0 Å². The molecule has 5 nitrogen and oxygen atoms in total. The van der Waals surface area contributed by atoms with Crippen molar-refractivity contribution in [1.82, 2.24) is 0 Å². The molecule has 0 heterocycles. The summed E-state index contributed by atoms with van der Waals surface area (Å²) in [6.07, 6.45) is -0.897. The fourth-order valence-electron chi connectivity index (χ4n) is 2.72. The van der Waals surface area contributed by atoms with E-state index >= 15 is 0 Å². The predicted octanol–water partition coefficient (Wildman–Crippen LogP) is 4.68. The van der Waals surface area contributed by atoms with Crippen LogP contribution in [0.4, 0.5) is 5.69 Å². The summed E-state index contributed by atoms with van der Waals surface area (Å²) in [5, 5.41) is 2.78. The van der Waals surface area contributed by atoms with Gasteiger partial charge < -0.3 is 10.1 Å². The first-order chi connectivity index (χ1) is 13.9. The molecular weight excluding hydrogens is 366 g/mol. The average molecular weight is 387 g/mol. The van der Waals surface area contributed by atoms with Crippen LogP contribution in [0.2, 0.25) is 0 Å². The Labute approximate surface area is 169 Å². The lowest BCUT2D eigenvalue weighted by Crippen LogP contribution is -2.24. The van der Waals surface area contributed by atoms with E-state index in [1.165, 1.54) is 0 Å². The quantitative estimate of drug-likeness (QED) is 0.493. The number of ketones is 1. The number of hydrogen-bond acceptors (Lipinski definition) is 4. The Balaban J connectivity index is 1.60. The molecule has 0 aliphatic carbocycles. The number of benzene rings is 3. The first-order valence-corrected chi connectivity index (χ1v) is 9.22. The molecule has 0 aliphatic rings. The van der Waals surface area contributed by atoms with Gasteiger partial charge in [0.2, 0.25) is 5.78 Å². The second kappa shape index (κ2) is 8.97. The number of carbonyl (C=O) groups excluding carboxylic acids is 3. The van der Waals surface area contributed by atoms with Gasteiger partial charge >= 0.3 is 5.97 Å². The van der Waals surface area contributed by atoms with Gasteiger partial charge in [0, 0.05) is 16.8 Å². The molecule has 0 spiro atoms. The van der Waals surface area contributed by atoms with Crippen LogP contribution in [0.3, 0.4) is 0 Å². The molecule has 5 heteroatoms. The Morgan fingerprint density at radius 3 is 1.97 bits per heavy atom. The highest BCUT2D eigenvalue weighted by atomic mass is 16.5. The number of ether oxygens (including phenoxy) is 1. The lowest BCUT2D eigenvalue weighted by atomic mass is 10.1. The van der Waals surface area contributed by atoms with Crippen molar-refractivity contribution in [3.05, 3.63) is 101 Å². The molecule has 0 bridgehead atoms. The maximum absolute atomic E-state index is 12.3. The zero-order valence-electron chi connectivity index (χ0n) is 16.2. The highest BCUT2D eigenvalue weighted by Crippen LogP contribution is 2.14. The summed E-state index contributed by atoms with van der Waals surface area (Å²) in [6.45, 7) is 3.50. The minimum Gasteiger partial charge on any atom is -0.451 e. The summed E-state index contributed by atoms with van der Waals surface area (Å²) in [5.41, 5.74) is 2.96. The average Bonchev–Trinajstić information content (AvgIpc) is 2.74. The van der Waals surface area contributed by atoms with Crippen LogP contribution in [-0.4, -0.2) is 23.8 Å². The monoisotopic (exact) mass is 387 g/mol. The van der Waals surface area contributed by atoms with Crippen molar-refractivity contribution < 1.29 is 19.1 Å². The Morgan fingerprint density at radius 1 is 0.759 bits per heavy atom. The van der Waals surface area contributed by atoms with Crippen LogP contribution in [0, 0.1) is 6.92 Å². The highest BCUT2D eigenvalue weighted by molar-refractivity contribution is 6.04. The van der Waals surface area contributed by atoms with Crippen molar-refractivity contribution in [1.29, 1.82) is 0 Å². The first kappa shape index (κ1) is 20.0. The molecule has 0 aromatic heterocycles. The van der Waals surface area contributed by atoms with Crippen molar-refractivity contribution in [2.24, 2.45) is 0 Å². The minimum atomic E-state index is -0.897. The maximum atomic E-state index is 12.3. The third kappa shape index (κ3) is 5.17. The number of nitrogens with one attached hydrogen (secondary N) is 1. The van der Waals surface area contributed by atoms with Gasteiger partial charge in [0.05, 0.1) is 5.56 Å². The van der Waals surface area contributed by atoms with Crippen molar-refractivity contribution >= 4 is 23.3 Å². The van der Waals surface area contributed by atoms with E-state index in [4.69, 9.17) is 4.74 Å². The number of aryl methyl sites for hydroxylation is 1. The molecule has 146 valence electrons. The normalized spacial score (nSPS) is 11.4. The molecular formula is C24H21NO4. The number of amides is 1. The first-order valence-electron chi connectivity index (χ1n) is 9.22. The largest absolute Gasteiger partial charge is 0.451 e. The third-order valence-electron chi connectivity index (χ3n) is 4.40. The molecule has 1 N–H and O–H groups in total. The second-order valence-electron chi connectivity index (χ2n) is 6.68. The van der Waals surface area contributed by atoms with Gasteiger partial charge in [-0.2, -0.15) is 0 Å². The van der Waals surface area contributed by atoms with Gasteiger partial charge in [-0.15, -0.1) is 0 Å². The van der Waals surface area contributed by atoms with Gasteiger partial charge in [-0.05, 0) is 50.2 Å². The van der Waals surface area contributed by atoms with Gasteiger partial charge in [0.15, 0.2) is 6.10 Å². The lowest BCUT2D eigenvalue weighted by Gasteiger charge is -2.13. The Bertz CT molecular complexity index is 1010. The van der Waals surface area contributed by atoms with Crippen molar-refractivity contribution in [2.75, 3.05) is 5.32 Å². The highest BCUT2D eigenvalue weighted by Gasteiger charge is 2.20. The third-order valence-corrected chi connectivity index (χ3v) is 4.40. The van der Waals surface area contributed by atoms with Gasteiger partial charge in [-0.25, -0.2) is 4.79 Å². The predicted molar refractivity (Wildman–Crippen MR) is 111 cm³/mol. The molecule has 29 heavy (non-hydrogen) atoms. The Kier molecular flexibility index (Phi) is 6.19. The van der Waals surface area contributed by atoms with Crippen LogP contribution in [-0.2, 0) is 4.74 Å². The molecule has 0 fully saturated rings.